The Morgan fingerprint density at radius 1 is 1.28 bits per heavy atom. The standard InChI is InChI=1S/C23H24Cl3N3O2S/c1-4-10-29(11-5-2)21(31)13-18(30)22(27)14(3)23(19-8-9-20(26)32-19)28-17-7-6-15(24)12-16(17)25/h4-8,12,20H,1-2,9-11,13,27H2,3H3. The Hall–Kier alpha value is -1.99. The molecule has 9 heteroatoms. The van der Waals surface area contributed by atoms with Crippen molar-refractivity contribution < 1.29 is 9.59 Å². The van der Waals surface area contributed by atoms with Gasteiger partial charge < -0.3 is 10.6 Å². The van der Waals surface area contributed by atoms with Crippen LogP contribution >= 0.6 is 46.6 Å². The molecular formula is C23H24Cl3N3O2S. The number of carbonyl (C=O) groups excluding carboxylic acids is 2. The second-order valence-corrected chi connectivity index (χ2v) is 9.78. The summed E-state index contributed by atoms with van der Waals surface area (Å²) in [4.78, 5) is 32.3. The summed E-state index contributed by atoms with van der Waals surface area (Å²) in [5.74, 6) is -0.855. The van der Waals surface area contributed by atoms with Crippen molar-refractivity contribution in [3.63, 3.8) is 0 Å². The second-order valence-electron chi connectivity index (χ2n) is 6.90. The lowest BCUT2D eigenvalue weighted by molar-refractivity contribution is -0.133. The van der Waals surface area contributed by atoms with E-state index in [-0.39, 0.29) is 22.7 Å². The second kappa shape index (κ2) is 12.3. The molecule has 5 nitrogen and oxygen atoms in total. The summed E-state index contributed by atoms with van der Waals surface area (Å²) in [6, 6.07) is 4.94. The number of amides is 1. The van der Waals surface area contributed by atoms with E-state index in [4.69, 9.17) is 40.5 Å². The third-order valence-electron chi connectivity index (χ3n) is 4.54. The number of nitrogens with two attached hydrogens (primary N) is 1. The van der Waals surface area contributed by atoms with Crippen LogP contribution < -0.4 is 5.73 Å². The van der Waals surface area contributed by atoms with Crippen LogP contribution in [0.25, 0.3) is 0 Å². The van der Waals surface area contributed by atoms with Gasteiger partial charge in [0.15, 0.2) is 5.78 Å². The van der Waals surface area contributed by atoms with E-state index >= 15 is 0 Å². The number of hydrogen-bond donors (Lipinski definition) is 1. The highest BCUT2D eigenvalue weighted by Gasteiger charge is 2.25. The third kappa shape index (κ3) is 7.01. The summed E-state index contributed by atoms with van der Waals surface area (Å²) in [6.07, 6.45) is 5.39. The van der Waals surface area contributed by atoms with E-state index in [1.54, 1.807) is 37.3 Å². The van der Waals surface area contributed by atoms with Crippen LogP contribution in [0.5, 0.6) is 0 Å². The van der Waals surface area contributed by atoms with Crippen molar-refractivity contribution in [3.05, 3.63) is 75.8 Å². The van der Waals surface area contributed by atoms with Crippen LogP contribution in [0.4, 0.5) is 5.69 Å². The highest BCUT2D eigenvalue weighted by molar-refractivity contribution is 8.06. The van der Waals surface area contributed by atoms with Crippen LogP contribution in [0, 0.1) is 0 Å². The fourth-order valence-corrected chi connectivity index (χ4v) is 4.67. The molecule has 1 aliphatic heterocycles. The third-order valence-corrected chi connectivity index (χ3v) is 6.59. The van der Waals surface area contributed by atoms with Gasteiger partial charge in [-0.2, -0.15) is 0 Å². The first-order chi connectivity index (χ1) is 15.2. The van der Waals surface area contributed by atoms with E-state index in [0.717, 1.165) is 4.91 Å². The molecule has 0 saturated carbocycles. The molecule has 170 valence electrons. The largest absolute Gasteiger partial charge is 0.396 e. The molecule has 1 unspecified atom stereocenters. The van der Waals surface area contributed by atoms with Crippen molar-refractivity contribution in [2.24, 2.45) is 10.7 Å². The lowest BCUT2D eigenvalue weighted by Crippen LogP contribution is -2.34. The fourth-order valence-electron chi connectivity index (χ4n) is 2.87. The van der Waals surface area contributed by atoms with Crippen molar-refractivity contribution in [3.8, 4) is 0 Å². The number of aliphatic imine (C=N–C) groups is 1. The molecular weight excluding hydrogens is 489 g/mol. The average Bonchev–Trinajstić information content (AvgIpc) is 3.17. The number of hydrogen-bond acceptors (Lipinski definition) is 5. The van der Waals surface area contributed by atoms with Gasteiger partial charge in [0.1, 0.15) is 0 Å². The number of thioether (sulfide) groups is 1. The zero-order valence-corrected chi connectivity index (χ0v) is 20.7. The molecule has 0 spiro atoms. The van der Waals surface area contributed by atoms with Gasteiger partial charge in [0.25, 0.3) is 0 Å². The van der Waals surface area contributed by atoms with E-state index in [2.05, 4.69) is 18.2 Å². The molecule has 1 aromatic carbocycles. The Morgan fingerprint density at radius 2 is 1.94 bits per heavy atom. The molecule has 0 aromatic heterocycles. The van der Waals surface area contributed by atoms with Gasteiger partial charge in [0.05, 0.1) is 33.2 Å². The number of allylic oxidation sites excluding steroid dienone is 4. The minimum Gasteiger partial charge on any atom is -0.396 e. The highest BCUT2D eigenvalue weighted by Crippen LogP contribution is 2.39. The van der Waals surface area contributed by atoms with Crippen molar-refractivity contribution >= 4 is 69.7 Å². The number of rotatable bonds is 10. The van der Waals surface area contributed by atoms with Crippen LogP contribution in [0.1, 0.15) is 19.8 Å². The predicted molar refractivity (Wildman–Crippen MR) is 137 cm³/mol. The summed E-state index contributed by atoms with van der Waals surface area (Å²) in [5, 5.41) is 0.841. The Balaban J connectivity index is 2.40. The van der Waals surface area contributed by atoms with Gasteiger partial charge in [-0.1, -0.05) is 41.4 Å². The van der Waals surface area contributed by atoms with E-state index in [9.17, 15) is 9.59 Å². The normalized spacial score (nSPS) is 16.8. The average molecular weight is 513 g/mol. The summed E-state index contributed by atoms with van der Waals surface area (Å²) in [5.41, 5.74) is 7.55. The molecule has 0 saturated heterocycles. The summed E-state index contributed by atoms with van der Waals surface area (Å²) in [7, 11) is 0. The lowest BCUT2D eigenvalue weighted by Gasteiger charge is -2.19. The highest BCUT2D eigenvalue weighted by atomic mass is 35.5. The molecule has 0 aliphatic carbocycles. The number of benzene rings is 1. The molecule has 1 atom stereocenters. The van der Waals surface area contributed by atoms with E-state index in [1.165, 1.54) is 16.7 Å². The Bertz CT molecular complexity index is 1010. The Kier molecular flexibility index (Phi) is 10.1. The first-order valence-electron chi connectivity index (χ1n) is 9.72. The molecule has 0 bridgehead atoms. The number of ketones is 1. The van der Waals surface area contributed by atoms with Gasteiger partial charge >= 0.3 is 0 Å². The predicted octanol–water partition coefficient (Wildman–Crippen LogP) is 6.04. The topological polar surface area (TPSA) is 75.8 Å². The van der Waals surface area contributed by atoms with Crippen LogP contribution in [0.15, 0.2) is 70.8 Å². The quantitative estimate of drug-likeness (QED) is 0.136. The molecule has 2 rings (SSSR count). The molecule has 1 amide bonds. The maximum atomic E-state index is 12.8. The van der Waals surface area contributed by atoms with Crippen molar-refractivity contribution in [2.45, 2.75) is 24.5 Å². The van der Waals surface area contributed by atoms with Gasteiger partial charge in [-0.25, -0.2) is 4.99 Å². The van der Waals surface area contributed by atoms with Crippen molar-refractivity contribution in [1.29, 1.82) is 0 Å². The molecule has 2 N–H and O–H groups in total. The number of Topliss-reactive ketones (excluding diaryl/α,β-unsaturated/α-hetero) is 1. The molecule has 32 heavy (non-hydrogen) atoms. The fraction of sp³-hybridized carbons (Fsp3) is 0.261. The van der Waals surface area contributed by atoms with Crippen molar-refractivity contribution in [2.75, 3.05) is 13.1 Å². The zero-order valence-electron chi connectivity index (χ0n) is 17.6. The molecule has 1 heterocycles. The SMILES string of the molecule is C=CCN(CC=C)C(=O)CC(=O)C(N)=C(C)C(=Nc1ccc(Cl)cc1Cl)C1=CCC(Cl)S1. The van der Waals surface area contributed by atoms with E-state index in [1.807, 2.05) is 6.08 Å². The van der Waals surface area contributed by atoms with Gasteiger partial charge in [-0.05, 0) is 31.5 Å². The molecule has 0 fully saturated rings. The zero-order chi connectivity index (χ0) is 23.8. The molecule has 1 aliphatic rings. The maximum Gasteiger partial charge on any atom is 0.231 e. The van der Waals surface area contributed by atoms with Crippen LogP contribution in [-0.2, 0) is 9.59 Å². The minimum absolute atomic E-state index is 0.0427. The Morgan fingerprint density at radius 3 is 2.47 bits per heavy atom. The maximum absolute atomic E-state index is 12.8. The van der Waals surface area contributed by atoms with E-state index < -0.39 is 5.78 Å². The van der Waals surface area contributed by atoms with Crippen LogP contribution in [-0.4, -0.2) is 40.1 Å². The number of alkyl halides is 1. The monoisotopic (exact) mass is 511 g/mol. The first-order valence-corrected chi connectivity index (χ1v) is 11.8. The smallest absolute Gasteiger partial charge is 0.231 e. The number of carbonyl (C=O) groups is 2. The van der Waals surface area contributed by atoms with Gasteiger partial charge in [0, 0.05) is 28.6 Å². The number of halogens is 3. The summed E-state index contributed by atoms with van der Waals surface area (Å²) in [6.45, 7) is 9.57. The lowest BCUT2D eigenvalue weighted by atomic mass is 10.0. The minimum atomic E-state index is -0.494. The van der Waals surface area contributed by atoms with Crippen LogP contribution in [0.2, 0.25) is 10.0 Å². The number of nitrogens with zero attached hydrogens (tertiary/aromatic N) is 2. The molecule has 0 radical (unpaired) electrons. The summed E-state index contributed by atoms with van der Waals surface area (Å²) < 4.78 is -0.145. The van der Waals surface area contributed by atoms with E-state index in [0.29, 0.717) is 46.5 Å². The molecule has 1 aromatic rings. The van der Waals surface area contributed by atoms with Gasteiger partial charge in [0.2, 0.25) is 5.91 Å². The Labute approximate surface area is 207 Å². The summed E-state index contributed by atoms with van der Waals surface area (Å²) >= 11 is 19.9. The van der Waals surface area contributed by atoms with Crippen molar-refractivity contribution in [1.82, 2.24) is 4.90 Å². The van der Waals surface area contributed by atoms with Gasteiger partial charge in [-0.15, -0.1) is 36.5 Å². The van der Waals surface area contributed by atoms with Gasteiger partial charge in [-0.3, -0.25) is 9.59 Å². The first kappa shape index (κ1) is 26.3. The van der Waals surface area contributed by atoms with Crippen LogP contribution in [0.3, 0.4) is 0 Å².